The number of carbonyl (C=O) groups excluding carboxylic acids is 2. The van der Waals surface area contributed by atoms with Crippen molar-refractivity contribution in [2.45, 2.75) is 19.8 Å². The molecule has 3 aromatic rings. The van der Waals surface area contributed by atoms with Crippen LogP contribution in [0, 0.1) is 5.92 Å². The largest absolute Gasteiger partial charge is 0.497 e. The number of carbonyl (C=O) groups is 2. The number of rotatable bonds is 6. The molecular formula is C22H22N4O4. The first kappa shape index (κ1) is 19.6. The monoisotopic (exact) mass is 406 g/mol. The molecule has 2 amide bonds. The first-order valence-electron chi connectivity index (χ1n) is 9.76. The smallest absolute Gasteiger partial charge is 0.260 e. The molecule has 2 heterocycles. The number of hydrogen-bond acceptors (Lipinski definition) is 6. The molecule has 8 nitrogen and oxygen atoms in total. The van der Waals surface area contributed by atoms with E-state index in [1.165, 1.54) is 0 Å². The lowest BCUT2D eigenvalue weighted by Crippen LogP contribution is -2.28. The van der Waals surface area contributed by atoms with Crippen LogP contribution in [0.3, 0.4) is 0 Å². The third-order valence-electron chi connectivity index (χ3n) is 5.08. The van der Waals surface area contributed by atoms with Gasteiger partial charge in [0.05, 0.1) is 24.3 Å². The molecule has 1 atom stereocenters. The molecule has 1 aliphatic heterocycles. The predicted octanol–water partition coefficient (Wildman–Crippen LogP) is 3.30. The summed E-state index contributed by atoms with van der Waals surface area (Å²) in [5.41, 5.74) is 1.97. The summed E-state index contributed by atoms with van der Waals surface area (Å²) >= 11 is 0. The number of ether oxygens (including phenoxy) is 1. The van der Waals surface area contributed by atoms with E-state index in [-0.39, 0.29) is 18.2 Å². The van der Waals surface area contributed by atoms with Gasteiger partial charge in [-0.05, 0) is 36.4 Å². The molecule has 0 bridgehead atoms. The standard InChI is InChI=1S/C22H22N4O4/c1-3-19-24-22(30-25-19)17-6-4-5-7-18(17)23-21(28)14-12-20(27)26(13-14)15-8-10-16(29-2)11-9-15/h4-11,14H,3,12-13H2,1-2H3,(H,23,28)/t14-/m0/s1. The molecule has 1 aromatic heterocycles. The maximum absolute atomic E-state index is 12.9. The maximum atomic E-state index is 12.9. The van der Waals surface area contributed by atoms with Gasteiger partial charge in [-0.15, -0.1) is 0 Å². The summed E-state index contributed by atoms with van der Waals surface area (Å²) in [7, 11) is 1.59. The fourth-order valence-corrected chi connectivity index (χ4v) is 3.42. The number of aromatic nitrogens is 2. The van der Waals surface area contributed by atoms with Gasteiger partial charge in [0.25, 0.3) is 5.89 Å². The summed E-state index contributed by atoms with van der Waals surface area (Å²) in [6.07, 6.45) is 0.810. The first-order valence-corrected chi connectivity index (χ1v) is 9.76. The zero-order valence-corrected chi connectivity index (χ0v) is 16.8. The molecule has 1 aliphatic rings. The second-order valence-corrected chi connectivity index (χ2v) is 7.01. The van der Waals surface area contributed by atoms with Gasteiger partial charge in [0.15, 0.2) is 5.82 Å². The third kappa shape index (κ3) is 3.89. The molecule has 154 valence electrons. The van der Waals surface area contributed by atoms with Crippen molar-refractivity contribution in [3.63, 3.8) is 0 Å². The highest BCUT2D eigenvalue weighted by atomic mass is 16.5. The topological polar surface area (TPSA) is 97.6 Å². The van der Waals surface area contributed by atoms with E-state index >= 15 is 0 Å². The highest BCUT2D eigenvalue weighted by Gasteiger charge is 2.35. The normalized spacial score (nSPS) is 16.0. The van der Waals surface area contributed by atoms with Crippen LogP contribution in [-0.4, -0.2) is 35.6 Å². The molecule has 30 heavy (non-hydrogen) atoms. The summed E-state index contributed by atoms with van der Waals surface area (Å²) in [6.45, 7) is 2.26. The summed E-state index contributed by atoms with van der Waals surface area (Å²) in [4.78, 5) is 31.4. The van der Waals surface area contributed by atoms with E-state index in [4.69, 9.17) is 9.26 Å². The average molecular weight is 406 g/mol. The van der Waals surface area contributed by atoms with Gasteiger partial charge in [-0.1, -0.05) is 24.2 Å². The summed E-state index contributed by atoms with van der Waals surface area (Å²) < 4.78 is 10.5. The first-order chi connectivity index (χ1) is 14.6. The summed E-state index contributed by atoms with van der Waals surface area (Å²) in [6, 6.07) is 14.5. The number of para-hydroxylation sites is 1. The van der Waals surface area contributed by atoms with Crippen molar-refractivity contribution in [2.24, 2.45) is 5.92 Å². The Morgan fingerprint density at radius 2 is 2.00 bits per heavy atom. The second-order valence-electron chi connectivity index (χ2n) is 7.01. The number of aryl methyl sites for hydroxylation is 1. The van der Waals surface area contributed by atoms with Crippen molar-refractivity contribution >= 4 is 23.2 Å². The van der Waals surface area contributed by atoms with Crippen LogP contribution in [0.15, 0.2) is 53.1 Å². The van der Waals surface area contributed by atoms with Crippen LogP contribution in [0.4, 0.5) is 11.4 Å². The average Bonchev–Trinajstić information content (AvgIpc) is 3.41. The van der Waals surface area contributed by atoms with Crippen molar-refractivity contribution in [1.82, 2.24) is 10.1 Å². The van der Waals surface area contributed by atoms with E-state index < -0.39 is 5.92 Å². The quantitative estimate of drug-likeness (QED) is 0.675. The second kappa shape index (κ2) is 8.36. The fraction of sp³-hybridized carbons (Fsp3) is 0.273. The Hall–Kier alpha value is -3.68. The maximum Gasteiger partial charge on any atom is 0.260 e. The SMILES string of the molecule is CCc1noc(-c2ccccc2NC(=O)[C@H]2CC(=O)N(c3ccc(OC)cc3)C2)n1. The van der Waals surface area contributed by atoms with Gasteiger partial charge >= 0.3 is 0 Å². The number of amides is 2. The van der Waals surface area contributed by atoms with Crippen LogP contribution >= 0.6 is 0 Å². The molecule has 1 N–H and O–H groups in total. The molecule has 0 spiro atoms. The van der Waals surface area contributed by atoms with Gasteiger partial charge in [0, 0.05) is 25.1 Å². The highest BCUT2D eigenvalue weighted by Crippen LogP contribution is 2.30. The van der Waals surface area contributed by atoms with E-state index in [1.807, 2.05) is 37.3 Å². The Morgan fingerprint density at radius 3 is 2.70 bits per heavy atom. The number of methoxy groups -OCH3 is 1. The van der Waals surface area contributed by atoms with Crippen molar-refractivity contribution in [2.75, 3.05) is 23.9 Å². The molecule has 1 saturated heterocycles. The Labute approximate surface area is 173 Å². The van der Waals surface area contributed by atoms with E-state index in [2.05, 4.69) is 15.5 Å². The van der Waals surface area contributed by atoms with Gasteiger partial charge in [0.1, 0.15) is 5.75 Å². The molecule has 0 aliphatic carbocycles. The molecule has 0 unspecified atom stereocenters. The third-order valence-corrected chi connectivity index (χ3v) is 5.08. The minimum absolute atomic E-state index is 0.0851. The lowest BCUT2D eigenvalue weighted by atomic mass is 10.1. The summed E-state index contributed by atoms with van der Waals surface area (Å²) in [5, 5.41) is 6.84. The fourth-order valence-electron chi connectivity index (χ4n) is 3.42. The number of anilines is 2. The van der Waals surface area contributed by atoms with Crippen LogP contribution in [0.1, 0.15) is 19.2 Å². The predicted molar refractivity (Wildman–Crippen MR) is 111 cm³/mol. The zero-order valence-electron chi connectivity index (χ0n) is 16.8. The highest BCUT2D eigenvalue weighted by molar-refractivity contribution is 6.04. The summed E-state index contributed by atoms with van der Waals surface area (Å²) in [5.74, 6) is 0.901. The van der Waals surface area contributed by atoms with Crippen molar-refractivity contribution in [3.05, 3.63) is 54.4 Å². The van der Waals surface area contributed by atoms with Crippen LogP contribution in [0.5, 0.6) is 5.75 Å². The zero-order chi connectivity index (χ0) is 21.1. The van der Waals surface area contributed by atoms with Gasteiger partial charge in [0.2, 0.25) is 11.8 Å². The van der Waals surface area contributed by atoms with Crippen LogP contribution in [0.2, 0.25) is 0 Å². The van der Waals surface area contributed by atoms with Crippen molar-refractivity contribution in [1.29, 1.82) is 0 Å². The van der Waals surface area contributed by atoms with Crippen LogP contribution in [-0.2, 0) is 16.0 Å². The minimum Gasteiger partial charge on any atom is -0.497 e. The van der Waals surface area contributed by atoms with Crippen molar-refractivity contribution < 1.29 is 18.8 Å². The van der Waals surface area contributed by atoms with Crippen molar-refractivity contribution in [3.8, 4) is 17.2 Å². The Kier molecular flexibility index (Phi) is 5.47. The van der Waals surface area contributed by atoms with E-state index in [1.54, 1.807) is 30.2 Å². The molecule has 0 saturated carbocycles. The molecular weight excluding hydrogens is 384 g/mol. The number of hydrogen-bond donors (Lipinski definition) is 1. The van der Waals surface area contributed by atoms with Crippen LogP contribution < -0.4 is 15.0 Å². The number of nitrogens with zero attached hydrogens (tertiary/aromatic N) is 3. The number of benzene rings is 2. The van der Waals surface area contributed by atoms with E-state index in [9.17, 15) is 9.59 Å². The minimum atomic E-state index is -0.457. The molecule has 1 fully saturated rings. The lowest BCUT2D eigenvalue weighted by Gasteiger charge is -2.17. The van der Waals surface area contributed by atoms with Gasteiger partial charge in [-0.3, -0.25) is 9.59 Å². The van der Waals surface area contributed by atoms with Gasteiger partial charge in [-0.2, -0.15) is 4.98 Å². The molecule has 0 radical (unpaired) electrons. The van der Waals surface area contributed by atoms with Crippen LogP contribution in [0.25, 0.3) is 11.5 Å². The lowest BCUT2D eigenvalue weighted by molar-refractivity contribution is -0.122. The van der Waals surface area contributed by atoms with E-state index in [0.717, 1.165) is 5.69 Å². The number of nitrogens with one attached hydrogen (secondary N) is 1. The van der Waals surface area contributed by atoms with Gasteiger partial charge < -0.3 is 19.5 Å². The van der Waals surface area contributed by atoms with Gasteiger partial charge in [-0.25, -0.2) is 0 Å². The Bertz CT molecular complexity index is 1060. The molecule has 4 rings (SSSR count). The molecule has 2 aromatic carbocycles. The van der Waals surface area contributed by atoms with E-state index in [0.29, 0.717) is 41.7 Å². The molecule has 8 heteroatoms. The Morgan fingerprint density at radius 1 is 1.23 bits per heavy atom. The Balaban J connectivity index is 1.49.